The highest BCUT2D eigenvalue weighted by Crippen LogP contribution is 2.32. The molecule has 0 bridgehead atoms. The molecule has 0 aliphatic carbocycles. The molecule has 0 saturated heterocycles. The summed E-state index contributed by atoms with van der Waals surface area (Å²) in [7, 11) is 0. The predicted octanol–water partition coefficient (Wildman–Crippen LogP) is 1.13. The average Bonchev–Trinajstić information content (AvgIpc) is 2.82. The average molecular weight is 250 g/mol. The Hall–Kier alpha value is -1.75. The van der Waals surface area contributed by atoms with Gasteiger partial charge < -0.3 is 20.5 Å². The Morgan fingerprint density at radius 2 is 2.11 bits per heavy atom. The van der Waals surface area contributed by atoms with Gasteiger partial charge in [-0.2, -0.15) is 0 Å². The molecule has 0 saturated carbocycles. The van der Waals surface area contributed by atoms with E-state index in [9.17, 15) is 4.79 Å². The third-order valence-electron chi connectivity index (χ3n) is 2.99. The fraction of sp³-hybridized carbons (Fsp3) is 0.462. The minimum absolute atomic E-state index is 0.0389. The Labute approximate surface area is 106 Å². The summed E-state index contributed by atoms with van der Waals surface area (Å²) >= 11 is 0. The summed E-state index contributed by atoms with van der Waals surface area (Å²) in [6, 6.07) is 5.09. The minimum Gasteiger partial charge on any atom is -0.454 e. The van der Waals surface area contributed by atoms with Crippen molar-refractivity contribution in [2.24, 2.45) is 11.7 Å². The van der Waals surface area contributed by atoms with Crippen LogP contribution in [0.3, 0.4) is 0 Å². The van der Waals surface area contributed by atoms with Crippen LogP contribution in [0.2, 0.25) is 0 Å². The second-order valence-corrected chi connectivity index (χ2v) is 4.69. The van der Waals surface area contributed by atoms with Crippen molar-refractivity contribution >= 4 is 5.91 Å². The summed E-state index contributed by atoms with van der Waals surface area (Å²) in [6.07, 6.45) is 0. The number of hydrogen-bond acceptors (Lipinski definition) is 4. The molecular formula is C13H18N2O3. The van der Waals surface area contributed by atoms with Crippen LogP contribution < -0.4 is 20.5 Å². The highest BCUT2D eigenvalue weighted by atomic mass is 16.7. The molecule has 2 rings (SSSR count). The molecule has 1 aliphatic heterocycles. The van der Waals surface area contributed by atoms with E-state index in [0.29, 0.717) is 29.5 Å². The second kappa shape index (κ2) is 5.27. The summed E-state index contributed by atoms with van der Waals surface area (Å²) in [5, 5.41) is 2.81. The number of carbonyl (C=O) groups is 1. The van der Waals surface area contributed by atoms with Crippen molar-refractivity contribution in [2.45, 2.75) is 19.9 Å². The van der Waals surface area contributed by atoms with Gasteiger partial charge >= 0.3 is 0 Å². The lowest BCUT2D eigenvalue weighted by molar-refractivity contribution is 0.0949. The van der Waals surface area contributed by atoms with E-state index in [2.05, 4.69) is 5.32 Å². The number of amides is 1. The molecule has 1 heterocycles. The number of hydrogen-bond donors (Lipinski definition) is 2. The molecule has 1 amide bonds. The first-order valence-electron chi connectivity index (χ1n) is 6.01. The summed E-state index contributed by atoms with van der Waals surface area (Å²) in [6.45, 7) is 4.72. The van der Waals surface area contributed by atoms with Gasteiger partial charge in [0, 0.05) is 18.2 Å². The number of rotatable bonds is 4. The molecule has 1 unspecified atom stereocenters. The van der Waals surface area contributed by atoms with Gasteiger partial charge in [0.05, 0.1) is 0 Å². The Kier molecular flexibility index (Phi) is 3.72. The lowest BCUT2D eigenvalue weighted by Gasteiger charge is -2.16. The van der Waals surface area contributed by atoms with Crippen molar-refractivity contribution in [1.82, 2.24) is 5.32 Å². The van der Waals surface area contributed by atoms with Gasteiger partial charge in [-0.1, -0.05) is 13.8 Å². The van der Waals surface area contributed by atoms with Crippen LogP contribution in [0, 0.1) is 5.92 Å². The second-order valence-electron chi connectivity index (χ2n) is 4.69. The third kappa shape index (κ3) is 2.73. The van der Waals surface area contributed by atoms with Crippen LogP contribution >= 0.6 is 0 Å². The van der Waals surface area contributed by atoms with Crippen molar-refractivity contribution in [3.05, 3.63) is 23.8 Å². The molecule has 1 atom stereocenters. The van der Waals surface area contributed by atoms with Gasteiger partial charge in [-0.15, -0.1) is 0 Å². The van der Waals surface area contributed by atoms with Gasteiger partial charge in [0.2, 0.25) is 6.79 Å². The van der Waals surface area contributed by atoms with E-state index in [1.54, 1.807) is 18.2 Å². The Balaban J connectivity index is 1.97. The Bertz CT molecular complexity index is 446. The number of nitrogens with two attached hydrogens (primary N) is 1. The summed E-state index contributed by atoms with van der Waals surface area (Å²) in [5.74, 6) is 1.47. The molecule has 0 spiro atoms. The zero-order valence-corrected chi connectivity index (χ0v) is 10.6. The molecule has 0 aromatic heterocycles. The molecule has 0 radical (unpaired) electrons. The van der Waals surface area contributed by atoms with Crippen LogP contribution in [-0.4, -0.2) is 25.3 Å². The standard InChI is InChI=1S/C13H18N2O3/c1-8(2)10(14)6-15-13(16)9-3-4-11-12(5-9)18-7-17-11/h3-5,8,10H,6-7,14H2,1-2H3,(H,15,16). The highest BCUT2D eigenvalue weighted by molar-refractivity contribution is 5.94. The summed E-state index contributed by atoms with van der Waals surface area (Å²) < 4.78 is 10.4. The van der Waals surface area contributed by atoms with Crippen LogP contribution in [0.15, 0.2) is 18.2 Å². The van der Waals surface area contributed by atoms with Crippen LogP contribution in [0.5, 0.6) is 11.5 Å². The summed E-state index contributed by atoms with van der Waals surface area (Å²) in [4.78, 5) is 11.9. The zero-order valence-electron chi connectivity index (χ0n) is 10.6. The topological polar surface area (TPSA) is 73.6 Å². The van der Waals surface area contributed by atoms with Crippen molar-refractivity contribution < 1.29 is 14.3 Å². The molecule has 98 valence electrons. The fourth-order valence-corrected chi connectivity index (χ4v) is 1.59. The molecule has 1 aliphatic rings. The van der Waals surface area contributed by atoms with Crippen molar-refractivity contribution in [3.63, 3.8) is 0 Å². The molecule has 1 aromatic carbocycles. The quantitative estimate of drug-likeness (QED) is 0.840. The van der Waals surface area contributed by atoms with Gasteiger partial charge in [-0.3, -0.25) is 4.79 Å². The highest BCUT2D eigenvalue weighted by Gasteiger charge is 2.16. The fourth-order valence-electron chi connectivity index (χ4n) is 1.59. The van der Waals surface area contributed by atoms with E-state index in [1.807, 2.05) is 13.8 Å². The number of ether oxygens (including phenoxy) is 2. The maximum Gasteiger partial charge on any atom is 0.251 e. The molecule has 18 heavy (non-hydrogen) atoms. The molecule has 5 heteroatoms. The molecule has 1 aromatic rings. The van der Waals surface area contributed by atoms with Crippen LogP contribution in [0.1, 0.15) is 24.2 Å². The van der Waals surface area contributed by atoms with Crippen molar-refractivity contribution in [1.29, 1.82) is 0 Å². The van der Waals surface area contributed by atoms with E-state index in [4.69, 9.17) is 15.2 Å². The first-order chi connectivity index (χ1) is 8.58. The van der Waals surface area contributed by atoms with Gasteiger partial charge in [0.1, 0.15) is 0 Å². The third-order valence-corrected chi connectivity index (χ3v) is 2.99. The number of nitrogens with one attached hydrogen (secondary N) is 1. The number of benzene rings is 1. The first-order valence-corrected chi connectivity index (χ1v) is 6.01. The van der Waals surface area contributed by atoms with Gasteiger partial charge in [-0.05, 0) is 24.1 Å². The van der Waals surface area contributed by atoms with Crippen molar-refractivity contribution in [3.8, 4) is 11.5 Å². The van der Waals surface area contributed by atoms with Crippen LogP contribution in [-0.2, 0) is 0 Å². The normalized spacial score (nSPS) is 14.7. The minimum atomic E-state index is -0.149. The molecular weight excluding hydrogens is 232 g/mol. The zero-order chi connectivity index (χ0) is 13.1. The maximum atomic E-state index is 11.9. The van der Waals surface area contributed by atoms with E-state index < -0.39 is 0 Å². The molecule has 0 fully saturated rings. The number of carbonyl (C=O) groups excluding carboxylic acids is 1. The van der Waals surface area contributed by atoms with E-state index >= 15 is 0 Å². The SMILES string of the molecule is CC(C)C(N)CNC(=O)c1ccc2c(c1)OCO2. The monoisotopic (exact) mass is 250 g/mol. The van der Waals surface area contributed by atoms with Crippen molar-refractivity contribution in [2.75, 3.05) is 13.3 Å². The van der Waals surface area contributed by atoms with E-state index in [0.717, 1.165) is 0 Å². The van der Waals surface area contributed by atoms with Gasteiger partial charge in [-0.25, -0.2) is 0 Å². The largest absolute Gasteiger partial charge is 0.454 e. The lowest BCUT2D eigenvalue weighted by atomic mass is 10.1. The summed E-state index contributed by atoms with van der Waals surface area (Å²) in [5.41, 5.74) is 6.42. The predicted molar refractivity (Wildman–Crippen MR) is 67.7 cm³/mol. The molecule has 3 N–H and O–H groups in total. The smallest absolute Gasteiger partial charge is 0.251 e. The lowest BCUT2D eigenvalue weighted by Crippen LogP contribution is -2.40. The van der Waals surface area contributed by atoms with Crippen LogP contribution in [0.4, 0.5) is 0 Å². The Morgan fingerprint density at radius 1 is 1.39 bits per heavy atom. The van der Waals surface area contributed by atoms with Gasteiger partial charge in [0.15, 0.2) is 11.5 Å². The van der Waals surface area contributed by atoms with E-state index in [1.165, 1.54) is 0 Å². The van der Waals surface area contributed by atoms with Crippen LogP contribution in [0.25, 0.3) is 0 Å². The maximum absolute atomic E-state index is 11.9. The first kappa shape index (κ1) is 12.7. The Morgan fingerprint density at radius 3 is 2.83 bits per heavy atom. The van der Waals surface area contributed by atoms with E-state index in [-0.39, 0.29) is 18.7 Å². The molecule has 5 nitrogen and oxygen atoms in total. The number of fused-ring (bicyclic) bond motifs is 1. The van der Waals surface area contributed by atoms with Gasteiger partial charge in [0.25, 0.3) is 5.91 Å².